The van der Waals surface area contributed by atoms with E-state index in [1.165, 1.54) is 24.4 Å². The molecule has 2 aromatic heterocycles. The molecule has 4 aromatic rings. The predicted molar refractivity (Wildman–Crippen MR) is 133 cm³/mol. The summed E-state index contributed by atoms with van der Waals surface area (Å²) < 4.78 is 33.7. The van der Waals surface area contributed by atoms with E-state index in [-0.39, 0.29) is 33.9 Å². The highest BCUT2D eigenvalue weighted by atomic mass is 35.5. The van der Waals surface area contributed by atoms with Crippen LogP contribution >= 0.6 is 11.6 Å². The topological polar surface area (TPSA) is 151 Å². The van der Waals surface area contributed by atoms with Gasteiger partial charge in [-0.25, -0.2) is 13.4 Å². The molecular formula is C23H21ClN4O6S. The van der Waals surface area contributed by atoms with E-state index in [2.05, 4.69) is 20.3 Å². The molecule has 35 heavy (non-hydrogen) atoms. The Labute approximate surface area is 205 Å². The number of phenols is 1. The van der Waals surface area contributed by atoms with Crippen LogP contribution in [-0.4, -0.2) is 18.5 Å². The molecule has 0 saturated heterocycles. The van der Waals surface area contributed by atoms with Crippen molar-refractivity contribution >= 4 is 44.5 Å². The molecule has 0 fully saturated rings. The van der Waals surface area contributed by atoms with Crippen molar-refractivity contribution in [3.05, 3.63) is 85.7 Å². The molecule has 0 aliphatic rings. The van der Waals surface area contributed by atoms with Gasteiger partial charge in [0, 0.05) is 6.20 Å². The molecule has 2 aromatic carbocycles. The first-order valence-electron chi connectivity index (χ1n) is 10.5. The summed E-state index contributed by atoms with van der Waals surface area (Å²) in [7, 11) is -4.35. The number of sulfonamides is 1. The third-order valence-electron chi connectivity index (χ3n) is 5.26. The molecule has 4 N–H and O–H groups in total. The minimum Gasteiger partial charge on any atom is -0.504 e. The number of rotatable bonds is 9. The number of nitrogens with one attached hydrogen (secondary N) is 3. The Hall–Kier alpha value is -3.83. The second kappa shape index (κ2) is 9.43. The summed E-state index contributed by atoms with van der Waals surface area (Å²) >= 11 is 6.09. The number of aromatic hydroxyl groups is 1. The van der Waals surface area contributed by atoms with Crippen LogP contribution in [0.2, 0.25) is 5.02 Å². The first-order valence-corrected chi connectivity index (χ1v) is 12.4. The Morgan fingerprint density at radius 3 is 2.46 bits per heavy atom. The van der Waals surface area contributed by atoms with Crippen LogP contribution < -0.4 is 26.2 Å². The van der Waals surface area contributed by atoms with Gasteiger partial charge in [0.25, 0.3) is 20.9 Å². The molecule has 10 nitrogen and oxygen atoms in total. The van der Waals surface area contributed by atoms with Gasteiger partial charge >= 0.3 is 0 Å². The Kier molecular flexibility index (Phi) is 6.55. The molecule has 0 spiro atoms. The van der Waals surface area contributed by atoms with E-state index >= 15 is 0 Å². The van der Waals surface area contributed by atoms with Gasteiger partial charge < -0.3 is 20.2 Å². The minimum atomic E-state index is -4.35. The number of aromatic nitrogens is 1. The second-order valence-corrected chi connectivity index (χ2v) is 9.71. The molecule has 0 saturated carbocycles. The average molecular weight is 517 g/mol. The lowest BCUT2D eigenvalue weighted by atomic mass is 10.1. The molecule has 182 valence electrons. The van der Waals surface area contributed by atoms with Crippen LogP contribution in [0.25, 0.3) is 0 Å². The van der Waals surface area contributed by atoms with E-state index in [0.717, 1.165) is 0 Å². The molecule has 0 aliphatic carbocycles. The lowest BCUT2D eigenvalue weighted by Gasteiger charge is -2.21. The molecule has 0 radical (unpaired) electrons. The normalized spacial score (nSPS) is 12.4. The van der Waals surface area contributed by atoms with Gasteiger partial charge in [0.2, 0.25) is 0 Å². The third kappa shape index (κ3) is 4.73. The number of halogens is 1. The maximum absolute atomic E-state index is 12.9. The van der Waals surface area contributed by atoms with Gasteiger partial charge in [0.15, 0.2) is 5.75 Å². The molecule has 0 unspecified atom stereocenters. The smallest absolute Gasteiger partial charge is 0.268 e. The highest BCUT2D eigenvalue weighted by Gasteiger charge is 2.29. The summed E-state index contributed by atoms with van der Waals surface area (Å²) in [6.07, 6.45) is 1.95. The summed E-state index contributed by atoms with van der Waals surface area (Å²) in [5.41, 5.74) is -1.81. The Bertz CT molecular complexity index is 1560. The summed E-state index contributed by atoms with van der Waals surface area (Å²) in [5, 5.41) is 16.2. The number of phenolic OH excluding ortho intramolecular Hbond substituents is 1. The maximum Gasteiger partial charge on any atom is 0.268 e. The number of pyridine rings is 1. The van der Waals surface area contributed by atoms with Crippen LogP contribution in [0, 0.1) is 6.92 Å². The molecule has 0 bridgehead atoms. The van der Waals surface area contributed by atoms with Crippen molar-refractivity contribution in [3.8, 4) is 5.75 Å². The van der Waals surface area contributed by atoms with Gasteiger partial charge in [-0.3, -0.25) is 14.3 Å². The molecule has 12 heteroatoms. The van der Waals surface area contributed by atoms with Gasteiger partial charge in [0.1, 0.15) is 33.6 Å². The number of hydrogen-bond donors (Lipinski definition) is 4. The standard InChI is InChI=1S/C23H21ClN4O6S/c1-3-14(16-10-7-12(2)34-16)26-18-19(22(31)21(18)30)27-15-9-8-13(24)23(20(15)29)35(32,33)28-17-6-4-5-11-25-17/h4-11,14,26-27,29H,3H2,1-2H3,(H,25,28)/t14-/m1/s1. The fraction of sp³-hybridized carbons (Fsp3) is 0.174. The van der Waals surface area contributed by atoms with Crippen LogP contribution in [-0.2, 0) is 10.0 Å². The molecule has 1 atom stereocenters. The summed E-state index contributed by atoms with van der Waals surface area (Å²) in [4.78, 5) is 27.9. The summed E-state index contributed by atoms with van der Waals surface area (Å²) in [5.74, 6) is 0.581. The van der Waals surface area contributed by atoms with Crippen molar-refractivity contribution < 1.29 is 17.9 Å². The Morgan fingerprint density at radius 2 is 1.83 bits per heavy atom. The third-order valence-corrected chi connectivity index (χ3v) is 7.11. The lowest BCUT2D eigenvalue weighted by Crippen LogP contribution is -2.37. The van der Waals surface area contributed by atoms with E-state index in [1.807, 2.05) is 6.92 Å². The van der Waals surface area contributed by atoms with Gasteiger partial charge in [0.05, 0.1) is 16.8 Å². The van der Waals surface area contributed by atoms with Crippen LogP contribution in [0.15, 0.2) is 67.6 Å². The largest absolute Gasteiger partial charge is 0.504 e. The van der Waals surface area contributed by atoms with Gasteiger partial charge in [-0.2, -0.15) is 0 Å². The van der Waals surface area contributed by atoms with Crippen LogP contribution in [0.1, 0.15) is 30.9 Å². The van der Waals surface area contributed by atoms with E-state index < -0.39 is 31.5 Å². The summed E-state index contributed by atoms with van der Waals surface area (Å²) in [6.45, 7) is 3.67. The van der Waals surface area contributed by atoms with Crippen molar-refractivity contribution in [3.63, 3.8) is 0 Å². The predicted octanol–water partition coefficient (Wildman–Crippen LogP) is 4.05. The first kappa shape index (κ1) is 24.3. The maximum atomic E-state index is 12.9. The van der Waals surface area contributed by atoms with E-state index in [0.29, 0.717) is 17.9 Å². The molecule has 4 rings (SSSR count). The second-order valence-electron chi connectivity index (χ2n) is 7.68. The number of hydrogen-bond acceptors (Lipinski definition) is 9. The molecular weight excluding hydrogens is 496 g/mol. The zero-order valence-electron chi connectivity index (χ0n) is 18.6. The number of nitrogens with zero attached hydrogens (tertiary/aromatic N) is 1. The zero-order chi connectivity index (χ0) is 25.3. The highest BCUT2D eigenvalue weighted by Crippen LogP contribution is 2.39. The Morgan fingerprint density at radius 1 is 1.09 bits per heavy atom. The van der Waals surface area contributed by atoms with Crippen LogP contribution in [0.3, 0.4) is 0 Å². The number of aryl methyl sites for hydroxylation is 1. The van der Waals surface area contributed by atoms with Crippen LogP contribution in [0.4, 0.5) is 22.9 Å². The fourth-order valence-electron chi connectivity index (χ4n) is 3.49. The van der Waals surface area contributed by atoms with Crippen molar-refractivity contribution in [2.45, 2.75) is 31.2 Å². The first-order chi connectivity index (χ1) is 16.6. The SMILES string of the molecule is CC[C@@H](Nc1c(Nc2ccc(Cl)c(S(=O)(=O)Nc3ccccn3)c2O)c(=O)c1=O)c1ccc(C)o1. The fourth-order valence-corrected chi connectivity index (χ4v) is 5.13. The molecule has 0 amide bonds. The lowest BCUT2D eigenvalue weighted by molar-refractivity contribution is 0.452. The number of anilines is 4. The minimum absolute atomic E-state index is 0.00118. The monoisotopic (exact) mass is 516 g/mol. The van der Waals surface area contributed by atoms with E-state index in [9.17, 15) is 23.1 Å². The van der Waals surface area contributed by atoms with Gasteiger partial charge in [-0.05, 0) is 49.7 Å². The van der Waals surface area contributed by atoms with Crippen molar-refractivity contribution in [2.75, 3.05) is 15.4 Å². The van der Waals surface area contributed by atoms with E-state index in [4.69, 9.17) is 16.0 Å². The quantitative estimate of drug-likeness (QED) is 0.191. The van der Waals surface area contributed by atoms with Crippen molar-refractivity contribution in [2.24, 2.45) is 0 Å². The average Bonchev–Trinajstić information content (AvgIpc) is 3.25. The van der Waals surface area contributed by atoms with Crippen molar-refractivity contribution in [1.29, 1.82) is 0 Å². The summed E-state index contributed by atoms with van der Waals surface area (Å²) in [6, 6.07) is 10.3. The molecule has 2 heterocycles. The zero-order valence-corrected chi connectivity index (χ0v) is 20.2. The number of furan rings is 1. The van der Waals surface area contributed by atoms with Gasteiger partial charge in [-0.15, -0.1) is 0 Å². The van der Waals surface area contributed by atoms with Gasteiger partial charge in [-0.1, -0.05) is 24.6 Å². The highest BCUT2D eigenvalue weighted by molar-refractivity contribution is 7.93. The molecule has 0 aliphatic heterocycles. The van der Waals surface area contributed by atoms with Crippen LogP contribution in [0.5, 0.6) is 5.75 Å². The van der Waals surface area contributed by atoms with E-state index in [1.54, 1.807) is 31.2 Å². The van der Waals surface area contributed by atoms with Crippen molar-refractivity contribution in [1.82, 2.24) is 4.98 Å². The number of benzene rings is 1. The Balaban J connectivity index is 1.65.